The van der Waals surface area contributed by atoms with Gasteiger partial charge in [0.25, 0.3) is 0 Å². The summed E-state index contributed by atoms with van der Waals surface area (Å²) in [6, 6.07) is 8.31. The number of aliphatic hydroxyl groups is 1. The summed E-state index contributed by atoms with van der Waals surface area (Å²) in [4.78, 5) is 0. The highest BCUT2D eigenvalue weighted by Gasteiger charge is 2.51. The molecular formula is C17H26O2. The Morgan fingerprint density at radius 1 is 1.37 bits per heavy atom. The Kier molecular flexibility index (Phi) is 4.19. The molecule has 0 heterocycles. The van der Waals surface area contributed by atoms with Crippen molar-refractivity contribution in [3.8, 4) is 5.75 Å². The van der Waals surface area contributed by atoms with Crippen molar-refractivity contribution in [1.82, 2.24) is 0 Å². The number of aliphatic hydroxyl groups excluding tert-OH is 1. The maximum absolute atomic E-state index is 9.96. The Balaban J connectivity index is 2.16. The topological polar surface area (TPSA) is 29.5 Å². The van der Waals surface area contributed by atoms with Gasteiger partial charge in [-0.1, -0.05) is 45.9 Å². The Bertz CT molecular complexity index is 429. The summed E-state index contributed by atoms with van der Waals surface area (Å²) >= 11 is 0. The lowest BCUT2D eigenvalue weighted by Gasteiger charge is -2.50. The molecule has 4 unspecified atom stereocenters. The van der Waals surface area contributed by atoms with Crippen molar-refractivity contribution in [3.63, 3.8) is 0 Å². The zero-order valence-electron chi connectivity index (χ0n) is 12.5. The van der Waals surface area contributed by atoms with E-state index in [0.717, 1.165) is 25.0 Å². The summed E-state index contributed by atoms with van der Waals surface area (Å²) in [6.45, 7) is 8.68. The Morgan fingerprint density at radius 3 is 2.63 bits per heavy atom. The molecule has 0 radical (unpaired) electrons. The maximum atomic E-state index is 9.96. The highest BCUT2D eigenvalue weighted by Crippen LogP contribution is 2.46. The van der Waals surface area contributed by atoms with E-state index < -0.39 is 0 Å². The first kappa shape index (κ1) is 14.4. The molecule has 1 fully saturated rings. The maximum Gasteiger partial charge on any atom is 0.123 e. The minimum atomic E-state index is -0.224. The second kappa shape index (κ2) is 5.54. The van der Waals surface area contributed by atoms with Crippen LogP contribution in [-0.4, -0.2) is 17.3 Å². The molecule has 4 atom stereocenters. The number of para-hydroxylation sites is 1. The van der Waals surface area contributed by atoms with Gasteiger partial charge in [-0.25, -0.2) is 0 Å². The van der Waals surface area contributed by atoms with Crippen molar-refractivity contribution in [2.75, 3.05) is 0 Å². The smallest absolute Gasteiger partial charge is 0.123 e. The van der Waals surface area contributed by atoms with Crippen LogP contribution in [0.5, 0.6) is 5.75 Å². The minimum absolute atomic E-state index is 0.0947. The fourth-order valence-corrected chi connectivity index (χ4v) is 2.81. The first-order chi connectivity index (χ1) is 9.02. The molecule has 1 saturated carbocycles. The average molecular weight is 262 g/mol. The van der Waals surface area contributed by atoms with Crippen molar-refractivity contribution in [3.05, 3.63) is 29.8 Å². The lowest BCUT2D eigenvalue weighted by Crippen LogP contribution is -2.57. The first-order valence-corrected chi connectivity index (χ1v) is 7.46. The zero-order chi connectivity index (χ0) is 14.0. The summed E-state index contributed by atoms with van der Waals surface area (Å²) in [5.41, 5.74) is 1.19. The van der Waals surface area contributed by atoms with E-state index in [0.29, 0.717) is 5.92 Å². The molecule has 0 amide bonds. The van der Waals surface area contributed by atoms with Crippen molar-refractivity contribution in [1.29, 1.82) is 0 Å². The molecule has 1 aromatic rings. The van der Waals surface area contributed by atoms with E-state index in [1.165, 1.54) is 5.56 Å². The highest BCUT2D eigenvalue weighted by atomic mass is 16.5. The predicted octanol–water partition coefficient (Wildman–Crippen LogP) is 4.13. The van der Waals surface area contributed by atoms with Crippen molar-refractivity contribution < 1.29 is 9.84 Å². The Hall–Kier alpha value is -1.02. The van der Waals surface area contributed by atoms with E-state index in [9.17, 15) is 5.11 Å². The average Bonchev–Trinajstić information content (AvgIpc) is 2.45. The summed E-state index contributed by atoms with van der Waals surface area (Å²) in [5, 5.41) is 9.96. The molecule has 2 rings (SSSR count). The quantitative estimate of drug-likeness (QED) is 0.864. The first-order valence-electron chi connectivity index (χ1n) is 7.46. The lowest BCUT2D eigenvalue weighted by molar-refractivity contribution is -0.147. The Morgan fingerprint density at radius 2 is 2.05 bits per heavy atom. The van der Waals surface area contributed by atoms with E-state index in [2.05, 4.69) is 45.9 Å². The van der Waals surface area contributed by atoms with E-state index in [4.69, 9.17) is 4.74 Å². The SMILES string of the molecule is CCC(C)c1ccccc1OC1CC(O)C1(C)CC. The number of rotatable bonds is 5. The number of benzene rings is 1. The molecule has 106 valence electrons. The van der Waals surface area contributed by atoms with Gasteiger partial charge in [0, 0.05) is 11.8 Å². The van der Waals surface area contributed by atoms with Gasteiger partial charge in [-0.2, -0.15) is 0 Å². The second-order valence-corrected chi connectivity index (χ2v) is 6.06. The van der Waals surface area contributed by atoms with Gasteiger partial charge in [-0.05, 0) is 30.4 Å². The summed E-state index contributed by atoms with van der Waals surface area (Å²) in [6.07, 6.45) is 2.72. The molecule has 0 aromatic heterocycles. The van der Waals surface area contributed by atoms with Gasteiger partial charge in [-0.3, -0.25) is 0 Å². The lowest BCUT2D eigenvalue weighted by atomic mass is 9.63. The van der Waals surface area contributed by atoms with E-state index in [1.807, 2.05) is 6.07 Å². The van der Waals surface area contributed by atoms with Crippen LogP contribution in [0.25, 0.3) is 0 Å². The van der Waals surface area contributed by atoms with Crippen LogP contribution in [0.2, 0.25) is 0 Å². The summed E-state index contributed by atoms with van der Waals surface area (Å²) in [7, 11) is 0. The highest BCUT2D eigenvalue weighted by molar-refractivity contribution is 5.36. The molecule has 0 spiro atoms. The fourth-order valence-electron chi connectivity index (χ4n) is 2.81. The van der Waals surface area contributed by atoms with Crippen LogP contribution in [0.3, 0.4) is 0 Å². The third-order valence-corrected chi connectivity index (χ3v) is 5.03. The molecule has 1 aliphatic rings. The molecular weight excluding hydrogens is 236 g/mol. The van der Waals surface area contributed by atoms with Gasteiger partial charge in [0.1, 0.15) is 11.9 Å². The number of hydrogen-bond donors (Lipinski definition) is 1. The molecule has 0 aliphatic heterocycles. The van der Waals surface area contributed by atoms with Crippen LogP contribution >= 0.6 is 0 Å². The molecule has 19 heavy (non-hydrogen) atoms. The van der Waals surface area contributed by atoms with E-state index in [-0.39, 0.29) is 17.6 Å². The predicted molar refractivity (Wildman–Crippen MR) is 78.6 cm³/mol. The van der Waals surface area contributed by atoms with Crippen molar-refractivity contribution >= 4 is 0 Å². The molecule has 1 aromatic carbocycles. The number of ether oxygens (including phenoxy) is 1. The van der Waals surface area contributed by atoms with E-state index in [1.54, 1.807) is 0 Å². The van der Waals surface area contributed by atoms with Gasteiger partial charge < -0.3 is 9.84 Å². The molecule has 1 N–H and O–H groups in total. The van der Waals surface area contributed by atoms with Crippen LogP contribution in [0.1, 0.15) is 58.4 Å². The normalized spacial score (nSPS) is 31.6. The van der Waals surface area contributed by atoms with Gasteiger partial charge in [-0.15, -0.1) is 0 Å². The van der Waals surface area contributed by atoms with E-state index >= 15 is 0 Å². The monoisotopic (exact) mass is 262 g/mol. The van der Waals surface area contributed by atoms with Crippen molar-refractivity contribution in [2.45, 2.75) is 65.1 Å². The minimum Gasteiger partial charge on any atom is -0.489 e. The van der Waals surface area contributed by atoms with Crippen LogP contribution in [0.15, 0.2) is 24.3 Å². The number of hydrogen-bond acceptors (Lipinski definition) is 2. The van der Waals surface area contributed by atoms with Gasteiger partial charge in [0.05, 0.1) is 6.10 Å². The van der Waals surface area contributed by atoms with Gasteiger partial charge in [0.15, 0.2) is 0 Å². The third-order valence-electron chi connectivity index (χ3n) is 5.03. The standard InChI is InChI=1S/C17H26O2/c1-5-12(3)13-9-7-8-10-14(13)19-16-11-15(18)17(16,4)6-2/h7-10,12,15-16,18H,5-6,11H2,1-4H3. The summed E-state index contributed by atoms with van der Waals surface area (Å²) < 4.78 is 6.22. The van der Waals surface area contributed by atoms with Crippen LogP contribution in [0.4, 0.5) is 0 Å². The molecule has 0 bridgehead atoms. The molecule has 0 saturated heterocycles. The van der Waals surface area contributed by atoms with Gasteiger partial charge >= 0.3 is 0 Å². The molecule has 1 aliphatic carbocycles. The third kappa shape index (κ3) is 2.51. The van der Waals surface area contributed by atoms with Crippen LogP contribution < -0.4 is 4.74 Å². The summed E-state index contributed by atoms with van der Waals surface area (Å²) in [5.74, 6) is 1.50. The molecule has 2 nitrogen and oxygen atoms in total. The second-order valence-electron chi connectivity index (χ2n) is 6.06. The van der Waals surface area contributed by atoms with Gasteiger partial charge in [0.2, 0.25) is 0 Å². The fraction of sp³-hybridized carbons (Fsp3) is 0.647. The molecule has 2 heteroatoms. The van der Waals surface area contributed by atoms with Crippen LogP contribution in [-0.2, 0) is 0 Å². The largest absolute Gasteiger partial charge is 0.489 e. The van der Waals surface area contributed by atoms with Crippen LogP contribution in [0, 0.1) is 5.41 Å². The van der Waals surface area contributed by atoms with Crippen molar-refractivity contribution in [2.24, 2.45) is 5.41 Å². The zero-order valence-corrected chi connectivity index (χ0v) is 12.5. The Labute approximate surface area is 116 Å².